The molecule has 202 valence electrons. The summed E-state index contributed by atoms with van der Waals surface area (Å²) >= 11 is 7.28. The third kappa shape index (κ3) is 7.79. The van der Waals surface area contributed by atoms with Crippen LogP contribution in [-0.2, 0) is 30.2 Å². The second kappa shape index (κ2) is 13.6. The van der Waals surface area contributed by atoms with Gasteiger partial charge in [0.25, 0.3) is 5.56 Å². The van der Waals surface area contributed by atoms with E-state index in [9.17, 15) is 19.1 Å². The fourth-order valence-electron chi connectivity index (χ4n) is 4.06. The second-order valence-corrected chi connectivity index (χ2v) is 10.5. The molecule has 4 aromatic rings. The van der Waals surface area contributed by atoms with Crippen LogP contribution in [-0.4, -0.2) is 32.0 Å². The first-order valence-electron chi connectivity index (χ1n) is 12.6. The molecule has 9 heteroatoms. The largest absolute Gasteiger partial charge is 0.391 e. The lowest BCUT2D eigenvalue weighted by molar-refractivity contribution is -0.132. The summed E-state index contributed by atoms with van der Waals surface area (Å²) in [6.45, 7) is 2.51. The van der Waals surface area contributed by atoms with Gasteiger partial charge >= 0.3 is 0 Å². The van der Waals surface area contributed by atoms with Crippen LogP contribution < -0.4 is 5.56 Å². The zero-order valence-corrected chi connectivity index (χ0v) is 23.1. The minimum Gasteiger partial charge on any atom is -0.391 e. The highest BCUT2D eigenvalue weighted by atomic mass is 35.5. The number of thioether (sulfide) groups is 1. The van der Waals surface area contributed by atoms with Gasteiger partial charge in [-0.3, -0.25) is 9.59 Å². The quantitative estimate of drug-likeness (QED) is 0.180. The lowest BCUT2D eigenvalue weighted by Crippen LogP contribution is -2.35. The van der Waals surface area contributed by atoms with Crippen molar-refractivity contribution in [3.8, 4) is 11.1 Å². The molecule has 0 fully saturated rings. The van der Waals surface area contributed by atoms with Crippen LogP contribution in [0, 0.1) is 5.82 Å². The van der Waals surface area contributed by atoms with Crippen LogP contribution in [0.25, 0.3) is 11.1 Å². The Balaban J connectivity index is 1.50. The van der Waals surface area contributed by atoms with Crippen LogP contribution in [0.5, 0.6) is 0 Å². The number of aliphatic hydroxyl groups is 1. The maximum atomic E-state index is 13.4. The molecule has 6 nitrogen and oxygen atoms in total. The minimum absolute atomic E-state index is 0.0328. The first-order valence-corrected chi connectivity index (χ1v) is 13.9. The maximum absolute atomic E-state index is 13.4. The standard InChI is InChI=1S/C30H29ClFN3O3S/c1-2-15-34(16-21-3-7-23(8-4-21)24-9-11-26(31)12-10-24)28(37)18-35-17-25(19-36)29(38)33-30(35)39-20-22-5-13-27(32)14-6-22/h3-14,17,36H,2,15-16,18-20H2,1H3. The Bertz CT molecular complexity index is 1460. The van der Waals surface area contributed by atoms with Crippen molar-refractivity contribution in [2.45, 2.75) is 44.0 Å². The van der Waals surface area contributed by atoms with E-state index in [0.29, 0.717) is 29.0 Å². The normalized spacial score (nSPS) is 11.0. The number of nitrogens with zero attached hydrogens (tertiary/aromatic N) is 3. The molecule has 0 unspecified atom stereocenters. The highest BCUT2D eigenvalue weighted by molar-refractivity contribution is 7.98. The number of amides is 1. The van der Waals surface area contributed by atoms with Crippen molar-refractivity contribution >= 4 is 29.3 Å². The topological polar surface area (TPSA) is 75.4 Å². The molecule has 0 aliphatic carbocycles. The fourth-order valence-corrected chi connectivity index (χ4v) is 5.10. The summed E-state index contributed by atoms with van der Waals surface area (Å²) in [6.07, 6.45) is 2.27. The monoisotopic (exact) mass is 565 g/mol. The predicted molar refractivity (Wildman–Crippen MR) is 153 cm³/mol. The molecule has 1 N–H and O–H groups in total. The Morgan fingerprint density at radius 3 is 2.23 bits per heavy atom. The molecule has 1 aromatic heterocycles. The Labute approximate surface area is 236 Å². The zero-order chi connectivity index (χ0) is 27.8. The van der Waals surface area contributed by atoms with Gasteiger partial charge in [0.15, 0.2) is 5.16 Å². The van der Waals surface area contributed by atoms with Crippen LogP contribution in [0.3, 0.4) is 0 Å². The van der Waals surface area contributed by atoms with Crippen molar-refractivity contribution in [1.82, 2.24) is 14.5 Å². The van der Waals surface area contributed by atoms with Crippen LogP contribution in [0.1, 0.15) is 30.0 Å². The molecular formula is C30H29ClFN3O3S. The number of rotatable bonds is 11. The summed E-state index contributed by atoms with van der Waals surface area (Å²) in [5.74, 6) is -0.0122. The second-order valence-electron chi connectivity index (χ2n) is 9.07. The van der Waals surface area contributed by atoms with Gasteiger partial charge in [-0.15, -0.1) is 0 Å². The van der Waals surface area contributed by atoms with Gasteiger partial charge in [0.1, 0.15) is 12.4 Å². The number of halogens is 2. The molecule has 3 aromatic carbocycles. The number of hydrogen-bond donors (Lipinski definition) is 1. The number of benzene rings is 3. The van der Waals surface area contributed by atoms with E-state index in [4.69, 9.17) is 11.6 Å². The van der Waals surface area contributed by atoms with Gasteiger partial charge in [-0.2, -0.15) is 4.98 Å². The number of hydrogen-bond acceptors (Lipinski definition) is 5. The number of aliphatic hydroxyl groups excluding tert-OH is 1. The molecule has 0 atom stereocenters. The molecule has 1 heterocycles. The van der Waals surface area contributed by atoms with Gasteiger partial charge in [-0.1, -0.05) is 78.8 Å². The average molecular weight is 566 g/mol. The van der Waals surface area contributed by atoms with Crippen LogP contribution >= 0.6 is 23.4 Å². The highest BCUT2D eigenvalue weighted by Crippen LogP contribution is 2.23. The van der Waals surface area contributed by atoms with E-state index in [1.165, 1.54) is 30.1 Å². The minimum atomic E-state index is -0.533. The van der Waals surface area contributed by atoms with Crippen LogP contribution in [0.15, 0.2) is 88.9 Å². The lowest BCUT2D eigenvalue weighted by atomic mass is 10.0. The summed E-state index contributed by atoms with van der Waals surface area (Å²) < 4.78 is 14.9. The fraction of sp³-hybridized carbons (Fsp3) is 0.233. The van der Waals surface area contributed by atoms with Crippen molar-refractivity contribution in [2.24, 2.45) is 0 Å². The Hall–Kier alpha value is -3.46. The van der Waals surface area contributed by atoms with Crippen LogP contribution in [0.4, 0.5) is 4.39 Å². The molecule has 0 aliphatic heterocycles. The molecule has 39 heavy (non-hydrogen) atoms. The molecular weight excluding hydrogens is 537 g/mol. The summed E-state index contributed by atoms with van der Waals surface area (Å²) in [4.78, 5) is 31.7. The first kappa shape index (κ1) is 28.5. The third-order valence-corrected chi connectivity index (χ3v) is 7.45. The SMILES string of the molecule is CCCN(Cc1ccc(-c2ccc(Cl)cc2)cc1)C(=O)Cn1cc(CO)c(=O)nc1SCc1ccc(F)cc1. The first-order chi connectivity index (χ1) is 18.9. The average Bonchev–Trinajstić information content (AvgIpc) is 2.94. The molecule has 0 aliphatic rings. The van der Waals surface area contributed by atoms with Gasteiger partial charge in [-0.05, 0) is 52.9 Å². The molecule has 0 bridgehead atoms. The molecule has 0 spiro atoms. The van der Waals surface area contributed by atoms with Gasteiger partial charge in [0, 0.05) is 30.1 Å². The van der Waals surface area contributed by atoms with Crippen molar-refractivity contribution in [3.05, 3.63) is 117 Å². The summed E-state index contributed by atoms with van der Waals surface area (Å²) in [5.41, 5.74) is 3.55. The zero-order valence-electron chi connectivity index (χ0n) is 21.5. The molecule has 4 rings (SSSR count). The number of aromatic nitrogens is 2. The van der Waals surface area contributed by atoms with E-state index in [0.717, 1.165) is 28.7 Å². The van der Waals surface area contributed by atoms with E-state index in [-0.39, 0.29) is 23.8 Å². The number of carbonyl (C=O) groups excluding carboxylic acids is 1. The van der Waals surface area contributed by atoms with Crippen molar-refractivity contribution in [2.75, 3.05) is 6.54 Å². The van der Waals surface area contributed by atoms with Crippen molar-refractivity contribution < 1.29 is 14.3 Å². The van der Waals surface area contributed by atoms with E-state index < -0.39 is 12.2 Å². The third-order valence-electron chi connectivity index (χ3n) is 6.14. The highest BCUT2D eigenvalue weighted by Gasteiger charge is 2.17. The van der Waals surface area contributed by atoms with E-state index in [2.05, 4.69) is 4.98 Å². The van der Waals surface area contributed by atoms with Gasteiger partial charge in [0.2, 0.25) is 5.91 Å². The predicted octanol–water partition coefficient (Wildman–Crippen LogP) is 5.93. The maximum Gasteiger partial charge on any atom is 0.279 e. The lowest BCUT2D eigenvalue weighted by Gasteiger charge is -2.24. The van der Waals surface area contributed by atoms with E-state index >= 15 is 0 Å². The molecule has 0 radical (unpaired) electrons. The van der Waals surface area contributed by atoms with E-state index in [1.807, 2.05) is 55.5 Å². The number of carbonyl (C=O) groups is 1. The van der Waals surface area contributed by atoms with Crippen LogP contribution in [0.2, 0.25) is 5.02 Å². The molecule has 0 saturated carbocycles. The van der Waals surface area contributed by atoms with E-state index in [1.54, 1.807) is 21.6 Å². The van der Waals surface area contributed by atoms with Crippen molar-refractivity contribution in [1.29, 1.82) is 0 Å². The van der Waals surface area contributed by atoms with Gasteiger partial charge in [0.05, 0.1) is 12.2 Å². The van der Waals surface area contributed by atoms with Gasteiger partial charge in [-0.25, -0.2) is 4.39 Å². The smallest absolute Gasteiger partial charge is 0.279 e. The van der Waals surface area contributed by atoms with Crippen molar-refractivity contribution in [3.63, 3.8) is 0 Å². The van der Waals surface area contributed by atoms with Gasteiger partial charge < -0.3 is 14.6 Å². The Kier molecular flexibility index (Phi) is 9.92. The summed E-state index contributed by atoms with van der Waals surface area (Å²) in [5, 5.41) is 10.7. The summed E-state index contributed by atoms with van der Waals surface area (Å²) in [6, 6.07) is 21.8. The molecule has 1 amide bonds. The molecule has 0 saturated heterocycles. The summed E-state index contributed by atoms with van der Waals surface area (Å²) in [7, 11) is 0. The Morgan fingerprint density at radius 2 is 1.62 bits per heavy atom. The Morgan fingerprint density at radius 1 is 1.00 bits per heavy atom.